The third-order valence-corrected chi connectivity index (χ3v) is 3.81. The van der Waals surface area contributed by atoms with Crippen LogP contribution in [-0.2, 0) is 4.74 Å². The number of hydrogen-bond acceptors (Lipinski definition) is 4. The van der Waals surface area contributed by atoms with Crippen LogP contribution in [0.3, 0.4) is 0 Å². The Morgan fingerprint density at radius 2 is 1.84 bits per heavy atom. The van der Waals surface area contributed by atoms with Crippen molar-refractivity contribution in [2.24, 2.45) is 5.10 Å². The van der Waals surface area contributed by atoms with Crippen molar-refractivity contribution in [3.8, 4) is 0 Å². The topological polar surface area (TPSA) is 53.9 Å². The lowest BCUT2D eigenvalue weighted by atomic mass is 10.2. The van der Waals surface area contributed by atoms with Gasteiger partial charge in [0.15, 0.2) is 0 Å². The van der Waals surface area contributed by atoms with Crippen LogP contribution in [0.5, 0.6) is 0 Å². The Balaban J connectivity index is 1.62. The molecular weight excluding hydrogens is 328 g/mol. The highest BCUT2D eigenvalue weighted by atomic mass is 19.1. The molecule has 0 radical (unpaired) electrons. The molecule has 1 aliphatic rings. The van der Waals surface area contributed by atoms with E-state index in [-0.39, 0.29) is 11.4 Å². The maximum atomic E-state index is 14.3. The number of morpholine rings is 1. The first-order valence-corrected chi connectivity index (χ1v) is 7.85. The largest absolute Gasteiger partial charge is 0.378 e. The van der Waals surface area contributed by atoms with Gasteiger partial charge in [0.25, 0.3) is 5.91 Å². The highest BCUT2D eigenvalue weighted by Crippen LogP contribution is 2.21. The molecule has 5 nitrogen and oxygen atoms in total. The number of amides is 1. The zero-order valence-electron chi connectivity index (χ0n) is 13.4. The Hall–Kier alpha value is -2.80. The number of hydrazone groups is 1. The van der Waals surface area contributed by atoms with Crippen LogP contribution in [0.1, 0.15) is 15.9 Å². The number of nitrogens with zero attached hydrogens (tertiary/aromatic N) is 2. The van der Waals surface area contributed by atoms with Crippen LogP contribution in [0.2, 0.25) is 0 Å². The molecule has 0 atom stereocenters. The standard InChI is InChI=1S/C18H17F2N3O2/c19-15-4-2-14(3-5-15)18(24)22-21-12-13-1-6-17(16(20)11-13)23-7-9-25-10-8-23/h1-6,11-12H,7-10H2,(H,22,24)/b21-12-. The van der Waals surface area contributed by atoms with E-state index in [0.29, 0.717) is 37.6 Å². The Kier molecular flexibility index (Phi) is 5.35. The van der Waals surface area contributed by atoms with E-state index < -0.39 is 11.7 Å². The monoisotopic (exact) mass is 345 g/mol. The summed E-state index contributed by atoms with van der Waals surface area (Å²) >= 11 is 0. The van der Waals surface area contributed by atoms with Crippen molar-refractivity contribution in [3.63, 3.8) is 0 Å². The number of rotatable bonds is 4. The van der Waals surface area contributed by atoms with Crippen molar-refractivity contribution in [2.45, 2.75) is 0 Å². The predicted molar refractivity (Wildman–Crippen MR) is 90.9 cm³/mol. The molecule has 0 unspecified atom stereocenters. The molecule has 1 aliphatic heterocycles. The molecule has 2 aromatic carbocycles. The minimum atomic E-state index is -0.471. The van der Waals surface area contributed by atoms with E-state index in [1.54, 1.807) is 12.1 Å². The lowest BCUT2D eigenvalue weighted by molar-refractivity contribution is 0.0955. The van der Waals surface area contributed by atoms with Gasteiger partial charge >= 0.3 is 0 Å². The summed E-state index contributed by atoms with van der Waals surface area (Å²) in [4.78, 5) is 13.8. The summed E-state index contributed by atoms with van der Waals surface area (Å²) in [5, 5.41) is 3.81. The molecule has 1 N–H and O–H groups in total. The van der Waals surface area contributed by atoms with E-state index in [9.17, 15) is 13.6 Å². The lowest BCUT2D eigenvalue weighted by Crippen LogP contribution is -2.36. The van der Waals surface area contributed by atoms with E-state index in [1.807, 2.05) is 4.90 Å². The van der Waals surface area contributed by atoms with Gasteiger partial charge in [0.05, 0.1) is 25.1 Å². The van der Waals surface area contributed by atoms with Gasteiger partial charge in [0.1, 0.15) is 11.6 Å². The molecule has 7 heteroatoms. The molecular formula is C18H17F2N3O2. The lowest BCUT2D eigenvalue weighted by Gasteiger charge is -2.29. The number of ether oxygens (including phenoxy) is 1. The molecule has 0 saturated carbocycles. The van der Waals surface area contributed by atoms with E-state index in [0.717, 1.165) is 0 Å². The molecule has 25 heavy (non-hydrogen) atoms. The molecule has 0 spiro atoms. The number of benzene rings is 2. The van der Waals surface area contributed by atoms with Gasteiger partial charge < -0.3 is 9.64 Å². The number of nitrogens with one attached hydrogen (secondary N) is 1. The van der Waals surface area contributed by atoms with Gasteiger partial charge in [-0.05, 0) is 42.0 Å². The minimum absolute atomic E-state index is 0.285. The van der Waals surface area contributed by atoms with Gasteiger partial charge in [0.2, 0.25) is 0 Å². The first-order chi connectivity index (χ1) is 12.1. The maximum absolute atomic E-state index is 14.3. The van der Waals surface area contributed by atoms with E-state index in [4.69, 9.17) is 4.74 Å². The summed E-state index contributed by atoms with van der Waals surface area (Å²) in [5.41, 5.74) is 3.65. The van der Waals surface area contributed by atoms with Crippen LogP contribution in [0, 0.1) is 11.6 Å². The minimum Gasteiger partial charge on any atom is -0.378 e. The molecule has 1 saturated heterocycles. The van der Waals surface area contributed by atoms with Gasteiger partial charge in [-0.15, -0.1) is 0 Å². The second-order valence-electron chi connectivity index (χ2n) is 5.52. The van der Waals surface area contributed by atoms with Crippen molar-refractivity contribution in [1.29, 1.82) is 0 Å². The molecule has 3 rings (SSSR count). The summed E-state index contributed by atoms with van der Waals surface area (Å²) < 4.78 is 32.3. The normalized spacial score (nSPS) is 14.7. The van der Waals surface area contributed by atoms with E-state index >= 15 is 0 Å². The van der Waals surface area contributed by atoms with Crippen molar-refractivity contribution < 1.29 is 18.3 Å². The van der Waals surface area contributed by atoms with Gasteiger partial charge in [-0.25, -0.2) is 14.2 Å². The summed E-state index contributed by atoms with van der Waals surface area (Å²) in [6, 6.07) is 9.87. The summed E-state index contributed by atoms with van der Waals surface area (Å²) in [6.07, 6.45) is 1.35. The number of carbonyl (C=O) groups is 1. The number of anilines is 1. The number of carbonyl (C=O) groups excluding carboxylic acids is 1. The highest BCUT2D eigenvalue weighted by Gasteiger charge is 2.15. The molecule has 1 fully saturated rings. The third kappa shape index (κ3) is 4.39. The molecule has 0 aliphatic carbocycles. The van der Waals surface area contributed by atoms with Crippen molar-refractivity contribution >= 4 is 17.8 Å². The van der Waals surface area contributed by atoms with Crippen LogP contribution >= 0.6 is 0 Å². The fourth-order valence-electron chi connectivity index (χ4n) is 2.50. The van der Waals surface area contributed by atoms with Crippen molar-refractivity contribution in [3.05, 3.63) is 65.2 Å². The van der Waals surface area contributed by atoms with Gasteiger partial charge in [0, 0.05) is 18.7 Å². The Morgan fingerprint density at radius 3 is 2.52 bits per heavy atom. The Morgan fingerprint density at radius 1 is 1.12 bits per heavy atom. The summed E-state index contributed by atoms with van der Waals surface area (Å²) in [7, 11) is 0. The Bertz CT molecular complexity index is 772. The second kappa shape index (κ2) is 7.85. The highest BCUT2D eigenvalue weighted by molar-refractivity contribution is 5.94. The molecule has 0 bridgehead atoms. The van der Waals surface area contributed by atoms with E-state index in [2.05, 4.69) is 10.5 Å². The quantitative estimate of drug-likeness (QED) is 0.684. The zero-order valence-corrected chi connectivity index (χ0v) is 13.4. The fraction of sp³-hybridized carbons (Fsp3) is 0.222. The van der Waals surface area contributed by atoms with Gasteiger partial charge in [-0.3, -0.25) is 4.79 Å². The average Bonchev–Trinajstić information content (AvgIpc) is 2.63. The molecule has 1 heterocycles. The second-order valence-corrected chi connectivity index (χ2v) is 5.52. The smallest absolute Gasteiger partial charge is 0.271 e. The van der Waals surface area contributed by atoms with Crippen LogP contribution in [0.25, 0.3) is 0 Å². The van der Waals surface area contributed by atoms with Gasteiger partial charge in [-0.1, -0.05) is 6.07 Å². The van der Waals surface area contributed by atoms with Crippen LogP contribution < -0.4 is 10.3 Å². The van der Waals surface area contributed by atoms with Crippen LogP contribution in [-0.4, -0.2) is 38.4 Å². The third-order valence-electron chi connectivity index (χ3n) is 3.81. The van der Waals surface area contributed by atoms with Crippen LogP contribution in [0.4, 0.5) is 14.5 Å². The van der Waals surface area contributed by atoms with Crippen molar-refractivity contribution in [2.75, 3.05) is 31.2 Å². The number of hydrogen-bond donors (Lipinski definition) is 1. The maximum Gasteiger partial charge on any atom is 0.271 e. The van der Waals surface area contributed by atoms with Crippen molar-refractivity contribution in [1.82, 2.24) is 5.43 Å². The average molecular weight is 345 g/mol. The zero-order chi connectivity index (χ0) is 17.6. The predicted octanol–water partition coefficient (Wildman–Crippen LogP) is 2.57. The van der Waals surface area contributed by atoms with Crippen LogP contribution in [0.15, 0.2) is 47.6 Å². The summed E-state index contributed by atoms with van der Waals surface area (Å²) in [6.45, 7) is 2.46. The molecule has 2 aromatic rings. The van der Waals surface area contributed by atoms with Gasteiger partial charge in [-0.2, -0.15) is 5.10 Å². The fourth-order valence-corrected chi connectivity index (χ4v) is 2.50. The molecule has 130 valence electrons. The Labute approximate surface area is 143 Å². The first-order valence-electron chi connectivity index (χ1n) is 7.85. The number of halogens is 2. The SMILES string of the molecule is O=C(N/N=C\c1ccc(N2CCOCC2)c(F)c1)c1ccc(F)cc1. The molecule has 0 aromatic heterocycles. The molecule has 1 amide bonds. The first kappa shape index (κ1) is 17.0. The summed E-state index contributed by atoms with van der Waals surface area (Å²) in [5.74, 6) is -1.24. The van der Waals surface area contributed by atoms with E-state index in [1.165, 1.54) is 36.5 Å².